The van der Waals surface area contributed by atoms with Gasteiger partial charge in [0.1, 0.15) is 0 Å². The van der Waals surface area contributed by atoms with E-state index in [9.17, 15) is 4.79 Å². The largest absolute Gasteiger partial charge is 0.377 e. The van der Waals surface area contributed by atoms with Crippen molar-refractivity contribution in [2.45, 2.75) is 39.7 Å². The molecule has 25 heavy (non-hydrogen) atoms. The van der Waals surface area contributed by atoms with Crippen LogP contribution in [0.4, 0.5) is 0 Å². The molecule has 2 rings (SSSR count). The van der Waals surface area contributed by atoms with Crippen LogP contribution in [0.5, 0.6) is 0 Å². The number of rotatable bonds is 9. The number of nitrogens with zero attached hydrogens (tertiary/aromatic N) is 1. The number of nitrogens with one attached hydrogen (secondary N) is 1. The monoisotopic (exact) mass is 364 g/mol. The minimum Gasteiger partial charge on any atom is -0.377 e. The summed E-state index contributed by atoms with van der Waals surface area (Å²) in [6.07, 6.45) is 5.70. The minimum atomic E-state index is 0.0243. The van der Waals surface area contributed by atoms with E-state index in [4.69, 9.17) is 4.74 Å². The minimum absolute atomic E-state index is 0.0243. The molecule has 0 unspecified atom stereocenters. The van der Waals surface area contributed by atoms with Gasteiger partial charge in [-0.1, -0.05) is 37.9 Å². The van der Waals surface area contributed by atoms with E-state index in [1.165, 1.54) is 25.9 Å². The Balaban J connectivity index is 1.67. The highest BCUT2D eigenvalue weighted by Gasteiger charge is 2.18. The molecule has 0 radical (unpaired) electrons. The van der Waals surface area contributed by atoms with E-state index in [2.05, 4.69) is 29.7 Å². The maximum atomic E-state index is 12.2. The van der Waals surface area contributed by atoms with Crippen molar-refractivity contribution in [1.29, 1.82) is 0 Å². The van der Waals surface area contributed by atoms with Crippen LogP contribution in [0, 0.1) is 11.8 Å². The van der Waals surface area contributed by atoms with Crippen LogP contribution in [-0.4, -0.2) is 42.7 Å². The molecule has 1 heterocycles. The van der Waals surface area contributed by atoms with Crippen molar-refractivity contribution in [2.75, 3.05) is 32.5 Å². The first-order valence-corrected chi connectivity index (χ1v) is 10.5. The van der Waals surface area contributed by atoms with Crippen LogP contribution in [0.15, 0.2) is 24.3 Å². The maximum Gasteiger partial charge on any atom is 0.251 e. The second-order valence-electron chi connectivity index (χ2n) is 7.21. The average molecular weight is 365 g/mol. The zero-order valence-corrected chi connectivity index (χ0v) is 16.6. The fourth-order valence-corrected chi connectivity index (χ4v) is 3.61. The van der Waals surface area contributed by atoms with Crippen LogP contribution in [0.3, 0.4) is 0 Å². The molecular weight excluding hydrogens is 332 g/mol. The predicted molar refractivity (Wildman–Crippen MR) is 106 cm³/mol. The van der Waals surface area contributed by atoms with Gasteiger partial charge in [0, 0.05) is 31.8 Å². The van der Waals surface area contributed by atoms with E-state index in [0.717, 1.165) is 36.6 Å². The van der Waals surface area contributed by atoms with Gasteiger partial charge in [0.15, 0.2) is 0 Å². The third-order valence-corrected chi connectivity index (χ3v) is 5.49. The zero-order valence-electron chi connectivity index (χ0n) is 15.8. The predicted octanol–water partition coefficient (Wildman–Crippen LogP) is 3.97. The molecule has 1 aliphatic heterocycles. The molecule has 1 aromatic carbocycles. The smallest absolute Gasteiger partial charge is 0.251 e. The van der Waals surface area contributed by atoms with Gasteiger partial charge in [-0.15, -0.1) is 0 Å². The Hall–Kier alpha value is -1.04. The summed E-state index contributed by atoms with van der Waals surface area (Å²) in [5.74, 6) is 1.30. The molecule has 1 fully saturated rings. The van der Waals surface area contributed by atoms with E-state index >= 15 is 0 Å². The SMILES string of the molecule is CSN1CCC(CCNC(=O)c2ccc(COCC(C)C)cc2)CC1. The Morgan fingerprint density at radius 2 is 1.96 bits per heavy atom. The van der Waals surface area contributed by atoms with Crippen molar-refractivity contribution >= 4 is 17.9 Å². The van der Waals surface area contributed by atoms with Gasteiger partial charge in [-0.25, -0.2) is 0 Å². The fraction of sp³-hybridized carbons (Fsp3) is 0.650. The lowest BCUT2D eigenvalue weighted by Crippen LogP contribution is -2.31. The van der Waals surface area contributed by atoms with Gasteiger partial charge >= 0.3 is 0 Å². The molecule has 0 aromatic heterocycles. The van der Waals surface area contributed by atoms with Gasteiger partial charge in [-0.05, 0) is 55.1 Å². The Morgan fingerprint density at radius 3 is 2.56 bits per heavy atom. The zero-order chi connectivity index (χ0) is 18.1. The quantitative estimate of drug-likeness (QED) is 0.673. The molecule has 1 amide bonds. The first-order valence-electron chi connectivity index (χ1n) is 9.32. The Kier molecular flexibility index (Phi) is 8.79. The first-order chi connectivity index (χ1) is 12.1. The molecule has 1 N–H and O–H groups in total. The Bertz CT molecular complexity index is 511. The van der Waals surface area contributed by atoms with Crippen molar-refractivity contribution in [3.63, 3.8) is 0 Å². The van der Waals surface area contributed by atoms with E-state index in [1.807, 2.05) is 36.2 Å². The normalized spacial score (nSPS) is 16.3. The summed E-state index contributed by atoms with van der Waals surface area (Å²) in [6.45, 7) is 8.74. The Labute approximate surface area is 156 Å². The summed E-state index contributed by atoms with van der Waals surface area (Å²) >= 11 is 1.84. The number of amides is 1. The summed E-state index contributed by atoms with van der Waals surface area (Å²) < 4.78 is 8.04. The van der Waals surface area contributed by atoms with Gasteiger partial charge in [-0.3, -0.25) is 9.10 Å². The van der Waals surface area contributed by atoms with Crippen LogP contribution >= 0.6 is 11.9 Å². The van der Waals surface area contributed by atoms with Crippen molar-refractivity contribution < 1.29 is 9.53 Å². The number of hydrogen-bond acceptors (Lipinski definition) is 4. The van der Waals surface area contributed by atoms with Gasteiger partial charge in [0.25, 0.3) is 5.91 Å². The van der Waals surface area contributed by atoms with Gasteiger partial charge in [0.2, 0.25) is 0 Å². The lowest BCUT2D eigenvalue weighted by molar-refractivity contribution is 0.0946. The third-order valence-electron chi connectivity index (χ3n) is 4.61. The second kappa shape index (κ2) is 10.8. The standard InChI is InChI=1S/C20H32N2O2S/c1-16(2)14-24-15-18-4-6-19(7-5-18)20(23)21-11-8-17-9-12-22(25-3)13-10-17/h4-7,16-17H,8-15H2,1-3H3,(H,21,23). The van der Waals surface area contributed by atoms with Crippen molar-refractivity contribution in [2.24, 2.45) is 11.8 Å². The number of benzene rings is 1. The highest BCUT2D eigenvalue weighted by molar-refractivity contribution is 7.96. The molecule has 1 saturated heterocycles. The highest BCUT2D eigenvalue weighted by atomic mass is 32.2. The highest BCUT2D eigenvalue weighted by Crippen LogP contribution is 2.23. The van der Waals surface area contributed by atoms with E-state index in [1.54, 1.807) is 0 Å². The lowest BCUT2D eigenvalue weighted by atomic mass is 9.95. The molecule has 4 nitrogen and oxygen atoms in total. The molecule has 5 heteroatoms. The molecule has 0 saturated carbocycles. The van der Waals surface area contributed by atoms with E-state index < -0.39 is 0 Å². The Morgan fingerprint density at radius 1 is 1.28 bits per heavy atom. The summed E-state index contributed by atoms with van der Waals surface area (Å²) in [6, 6.07) is 7.74. The fourth-order valence-electron chi connectivity index (χ4n) is 3.04. The maximum absolute atomic E-state index is 12.2. The number of piperidine rings is 1. The summed E-state index contributed by atoms with van der Waals surface area (Å²) in [4.78, 5) is 12.2. The van der Waals surface area contributed by atoms with Crippen LogP contribution in [0.2, 0.25) is 0 Å². The van der Waals surface area contributed by atoms with Gasteiger partial charge < -0.3 is 10.1 Å². The molecule has 1 aliphatic rings. The molecule has 140 valence electrons. The molecule has 0 aliphatic carbocycles. The summed E-state index contributed by atoms with van der Waals surface area (Å²) in [5.41, 5.74) is 1.84. The van der Waals surface area contributed by atoms with Crippen molar-refractivity contribution in [3.8, 4) is 0 Å². The third kappa shape index (κ3) is 7.38. The number of carbonyl (C=O) groups excluding carboxylic acids is 1. The van der Waals surface area contributed by atoms with E-state index in [0.29, 0.717) is 12.5 Å². The molecule has 1 aromatic rings. The molecule has 0 bridgehead atoms. The van der Waals surface area contributed by atoms with Crippen LogP contribution in [-0.2, 0) is 11.3 Å². The number of ether oxygens (including phenoxy) is 1. The number of hydrogen-bond donors (Lipinski definition) is 1. The number of carbonyl (C=O) groups is 1. The van der Waals surface area contributed by atoms with Crippen molar-refractivity contribution in [3.05, 3.63) is 35.4 Å². The van der Waals surface area contributed by atoms with Crippen LogP contribution in [0.1, 0.15) is 49.0 Å². The summed E-state index contributed by atoms with van der Waals surface area (Å²) in [5, 5.41) is 3.06. The van der Waals surface area contributed by atoms with Crippen LogP contribution in [0.25, 0.3) is 0 Å². The van der Waals surface area contributed by atoms with Crippen LogP contribution < -0.4 is 5.32 Å². The molecular formula is C20H32N2O2S. The first kappa shape index (κ1) is 20.3. The van der Waals surface area contributed by atoms with Gasteiger partial charge in [-0.2, -0.15) is 0 Å². The topological polar surface area (TPSA) is 41.6 Å². The van der Waals surface area contributed by atoms with Crippen molar-refractivity contribution in [1.82, 2.24) is 9.62 Å². The van der Waals surface area contributed by atoms with Gasteiger partial charge in [0.05, 0.1) is 6.61 Å². The summed E-state index contributed by atoms with van der Waals surface area (Å²) in [7, 11) is 0. The molecule has 0 atom stereocenters. The molecule has 0 spiro atoms. The lowest BCUT2D eigenvalue weighted by Gasteiger charge is -2.30. The second-order valence-corrected chi connectivity index (χ2v) is 8.09. The average Bonchev–Trinajstić information content (AvgIpc) is 2.62. The van der Waals surface area contributed by atoms with E-state index in [-0.39, 0.29) is 5.91 Å².